The Morgan fingerprint density at radius 3 is 2.79 bits per heavy atom. The number of amides is 2. The average Bonchev–Trinajstić information content (AvgIpc) is 3.52. The van der Waals surface area contributed by atoms with E-state index in [1.54, 1.807) is 36.4 Å². The van der Waals surface area contributed by atoms with Crippen LogP contribution in [-0.4, -0.2) is 57.7 Å². The molecule has 1 unspecified atom stereocenters. The summed E-state index contributed by atoms with van der Waals surface area (Å²) in [6.45, 7) is 2.95. The molecule has 180 valence electrons. The number of nitrogens with zero attached hydrogens (tertiary/aromatic N) is 2. The first-order valence-electron chi connectivity index (χ1n) is 11.0. The van der Waals surface area contributed by atoms with Gasteiger partial charge in [-0.3, -0.25) is 14.4 Å². The number of fused-ring (bicyclic) bond motifs is 2. The number of ether oxygens (including phenoxy) is 2. The highest BCUT2D eigenvalue weighted by atomic mass is 32.2. The van der Waals surface area contributed by atoms with Crippen molar-refractivity contribution in [1.29, 1.82) is 0 Å². The van der Waals surface area contributed by atoms with E-state index in [2.05, 4.69) is 20.6 Å². The van der Waals surface area contributed by atoms with Crippen LogP contribution in [0.25, 0.3) is 10.9 Å². The number of carbonyl (C=O) groups excluding carboxylic acids is 2. The fourth-order valence-corrected chi connectivity index (χ4v) is 4.28. The molecule has 0 aliphatic carbocycles. The molecule has 2 amide bonds. The number of benzene rings is 1. The van der Waals surface area contributed by atoms with Crippen molar-refractivity contribution in [3.63, 3.8) is 0 Å². The van der Waals surface area contributed by atoms with E-state index in [0.717, 1.165) is 5.69 Å². The second-order valence-electron chi connectivity index (χ2n) is 7.81. The van der Waals surface area contributed by atoms with E-state index in [-0.39, 0.29) is 18.3 Å². The van der Waals surface area contributed by atoms with Crippen LogP contribution in [0.2, 0.25) is 0 Å². The Balaban J connectivity index is 1.55. The normalized spacial score (nSPS) is 13.1. The van der Waals surface area contributed by atoms with Crippen LogP contribution in [0.1, 0.15) is 29.4 Å². The molecule has 3 heterocycles. The van der Waals surface area contributed by atoms with Crippen molar-refractivity contribution in [2.45, 2.75) is 32.4 Å². The molecule has 34 heavy (non-hydrogen) atoms. The summed E-state index contributed by atoms with van der Waals surface area (Å²) < 4.78 is 12.6. The van der Waals surface area contributed by atoms with Gasteiger partial charge >= 0.3 is 0 Å². The van der Waals surface area contributed by atoms with Gasteiger partial charge in [-0.15, -0.1) is 0 Å². The minimum absolute atomic E-state index is 0.0207. The second kappa shape index (κ2) is 10.6. The van der Waals surface area contributed by atoms with Crippen LogP contribution in [-0.2, 0) is 17.8 Å². The van der Waals surface area contributed by atoms with Crippen LogP contribution >= 0.6 is 11.8 Å². The Morgan fingerprint density at radius 2 is 2.09 bits per heavy atom. The summed E-state index contributed by atoms with van der Waals surface area (Å²) in [6.07, 6.45) is 7.78. The second-order valence-corrected chi connectivity index (χ2v) is 8.79. The summed E-state index contributed by atoms with van der Waals surface area (Å²) >= 11 is 1.58. The number of aromatic nitrogens is 3. The molecule has 0 radical (unpaired) electrons. The first kappa shape index (κ1) is 23.7. The van der Waals surface area contributed by atoms with Gasteiger partial charge in [0.25, 0.3) is 5.91 Å². The van der Waals surface area contributed by atoms with E-state index in [1.165, 1.54) is 6.20 Å². The molecule has 10 nitrogen and oxygen atoms in total. The molecule has 4 rings (SSSR count). The largest absolute Gasteiger partial charge is 0.454 e. The highest BCUT2D eigenvalue weighted by Gasteiger charge is 2.25. The van der Waals surface area contributed by atoms with Crippen LogP contribution in [0.4, 0.5) is 0 Å². The Hall–Kier alpha value is -3.47. The van der Waals surface area contributed by atoms with Crippen molar-refractivity contribution >= 4 is 34.5 Å². The lowest BCUT2D eigenvalue weighted by Crippen LogP contribution is -2.48. The maximum absolute atomic E-state index is 13.2. The van der Waals surface area contributed by atoms with Gasteiger partial charge in [-0.25, -0.2) is 4.98 Å². The Labute approximate surface area is 200 Å². The van der Waals surface area contributed by atoms with Crippen molar-refractivity contribution in [3.05, 3.63) is 52.3 Å². The maximum Gasteiger partial charge on any atom is 0.257 e. The summed E-state index contributed by atoms with van der Waals surface area (Å²) in [5, 5.41) is 5.99. The third-order valence-corrected chi connectivity index (χ3v) is 6.28. The third-order valence-electron chi connectivity index (χ3n) is 5.64. The lowest BCUT2D eigenvalue weighted by molar-refractivity contribution is -0.122. The molecule has 2 aromatic heterocycles. The van der Waals surface area contributed by atoms with Gasteiger partial charge < -0.3 is 29.7 Å². The predicted octanol–water partition coefficient (Wildman–Crippen LogP) is 1.68. The van der Waals surface area contributed by atoms with E-state index in [0.29, 0.717) is 54.1 Å². The van der Waals surface area contributed by atoms with Crippen LogP contribution < -0.4 is 25.5 Å². The van der Waals surface area contributed by atoms with Gasteiger partial charge in [0, 0.05) is 43.7 Å². The number of pyridine rings is 1. The molecule has 3 N–H and O–H groups in total. The number of aryl methyl sites for hydroxylation is 1. The molecular weight excluding hydrogens is 458 g/mol. The van der Waals surface area contributed by atoms with E-state index >= 15 is 0 Å². The smallest absolute Gasteiger partial charge is 0.257 e. The van der Waals surface area contributed by atoms with E-state index in [1.807, 2.05) is 17.7 Å². The van der Waals surface area contributed by atoms with Gasteiger partial charge in [-0.2, -0.15) is 11.8 Å². The lowest BCUT2D eigenvalue weighted by atomic mass is 10.1. The number of H-pyrrole nitrogens is 1. The predicted molar refractivity (Wildman–Crippen MR) is 130 cm³/mol. The number of carbonyl (C=O) groups is 2. The van der Waals surface area contributed by atoms with Crippen LogP contribution in [0, 0.1) is 0 Å². The molecule has 0 fully saturated rings. The molecule has 1 aliphatic rings. The van der Waals surface area contributed by atoms with E-state index in [4.69, 9.17) is 9.47 Å². The monoisotopic (exact) mass is 485 g/mol. The number of hydrogen-bond donors (Lipinski definition) is 3. The fraction of sp³-hybridized carbons (Fsp3) is 0.391. The zero-order valence-corrected chi connectivity index (χ0v) is 19.9. The molecule has 0 bridgehead atoms. The van der Waals surface area contributed by atoms with Gasteiger partial charge in [0.05, 0.1) is 17.2 Å². The number of imidazole rings is 1. The highest BCUT2D eigenvalue weighted by Crippen LogP contribution is 2.35. The zero-order valence-electron chi connectivity index (χ0n) is 19.1. The molecular formula is C23H27N5O5S. The minimum atomic E-state index is -0.761. The van der Waals surface area contributed by atoms with Crippen molar-refractivity contribution in [2.75, 3.05) is 25.3 Å². The number of rotatable bonds is 10. The lowest BCUT2D eigenvalue weighted by Gasteiger charge is -2.19. The summed E-state index contributed by atoms with van der Waals surface area (Å²) in [5.41, 5.74) is 1.12. The first-order chi connectivity index (χ1) is 16.5. The molecule has 3 aromatic rings. The molecule has 0 saturated heterocycles. The maximum atomic E-state index is 13.2. The van der Waals surface area contributed by atoms with Crippen molar-refractivity contribution in [3.8, 4) is 11.5 Å². The van der Waals surface area contributed by atoms with Crippen molar-refractivity contribution < 1.29 is 19.1 Å². The van der Waals surface area contributed by atoms with Crippen LogP contribution in [0.5, 0.6) is 11.5 Å². The van der Waals surface area contributed by atoms with E-state index in [9.17, 15) is 14.4 Å². The van der Waals surface area contributed by atoms with Crippen LogP contribution in [0.3, 0.4) is 0 Å². The highest BCUT2D eigenvalue weighted by molar-refractivity contribution is 7.98. The SMILES string of the molecule is CCn1cc(C(=O)NC(CCSC)C(=O)NCCc2cnc[nH]2)c(=O)c2cc3c(cc21)OCO3. The van der Waals surface area contributed by atoms with Crippen molar-refractivity contribution in [2.24, 2.45) is 0 Å². The Morgan fingerprint density at radius 1 is 1.29 bits per heavy atom. The number of nitrogens with one attached hydrogen (secondary N) is 3. The summed E-state index contributed by atoms with van der Waals surface area (Å²) in [4.78, 5) is 46.2. The van der Waals surface area contributed by atoms with Crippen molar-refractivity contribution in [1.82, 2.24) is 25.2 Å². The molecule has 0 saturated carbocycles. The summed E-state index contributed by atoms with van der Waals surface area (Å²) in [6, 6.07) is 2.60. The number of aromatic amines is 1. The number of hydrogen-bond acceptors (Lipinski definition) is 7. The molecule has 0 spiro atoms. The van der Waals surface area contributed by atoms with Gasteiger partial charge in [0.2, 0.25) is 18.1 Å². The van der Waals surface area contributed by atoms with Gasteiger partial charge in [-0.1, -0.05) is 0 Å². The molecule has 1 aliphatic heterocycles. The summed E-state index contributed by atoms with van der Waals surface area (Å²) in [7, 11) is 0. The molecule has 1 aromatic carbocycles. The average molecular weight is 486 g/mol. The Kier molecular flexibility index (Phi) is 7.41. The number of thioether (sulfide) groups is 1. The quantitative estimate of drug-likeness (QED) is 0.399. The summed E-state index contributed by atoms with van der Waals surface area (Å²) in [5.74, 6) is 0.845. The molecule has 11 heteroatoms. The van der Waals surface area contributed by atoms with E-state index < -0.39 is 17.4 Å². The zero-order chi connectivity index (χ0) is 24.1. The standard InChI is InChI=1S/C23H27N5O5S/c1-3-28-11-16(21(29)15-8-19-20(9-18(15)28)33-13-32-19)22(30)27-17(5-7-34-2)23(31)25-6-4-14-10-24-12-26-14/h8-12,17H,3-7,13H2,1-2H3,(H,24,26)(H,25,31)(H,27,30). The van der Waals surface area contributed by atoms with Gasteiger partial charge in [-0.05, 0) is 31.4 Å². The van der Waals surface area contributed by atoms with Crippen LogP contribution in [0.15, 0.2) is 35.6 Å². The fourth-order valence-electron chi connectivity index (χ4n) is 3.81. The Bertz CT molecular complexity index is 1240. The molecule has 1 atom stereocenters. The minimum Gasteiger partial charge on any atom is -0.454 e. The first-order valence-corrected chi connectivity index (χ1v) is 12.4. The topological polar surface area (TPSA) is 127 Å². The third kappa shape index (κ3) is 5.04. The van der Waals surface area contributed by atoms with Gasteiger partial charge in [0.15, 0.2) is 11.5 Å². The van der Waals surface area contributed by atoms with Gasteiger partial charge in [0.1, 0.15) is 11.6 Å².